The summed E-state index contributed by atoms with van der Waals surface area (Å²) in [6, 6.07) is 6.48. The molecule has 0 spiro atoms. The number of nitrogens with zero attached hydrogens (tertiary/aromatic N) is 2. The van der Waals surface area contributed by atoms with Gasteiger partial charge in [-0.05, 0) is 34.7 Å². The van der Waals surface area contributed by atoms with Crippen LogP contribution in [-0.4, -0.2) is 26.0 Å². The van der Waals surface area contributed by atoms with Crippen molar-refractivity contribution in [1.29, 1.82) is 0 Å². The van der Waals surface area contributed by atoms with Crippen molar-refractivity contribution in [3.63, 3.8) is 0 Å². The summed E-state index contributed by atoms with van der Waals surface area (Å²) in [6.07, 6.45) is 1.57. The molecule has 20 heavy (non-hydrogen) atoms. The monoisotopic (exact) mass is 399 g/mol. The van der Waals surface area contributed by atoms with Gasteiger partial charge in [-0.25, -0.2) is 14.8 Å². The maximum Gasteiger partial charge on any atom is 0.335 e. The van der Waals surface area contributed by atoms with Crippen molar-refractivity contribution in [2.24, 2.45) is 0 Å². The van der Waals surface area contributed by atoms with E-state index in [-0.39, 0.29) is 5.56 Å². The number of rotatable bonds is 2. The van der Waals surface area contributed by atoms with Gasteiger partial charge >= 0.3 is 5.97 Å². The summed E-state index contributed by atoms with van der Waals surface area (Å²) >= 11 is 8.13. The van der Waals surface area contributed by atoms with Crippen molar-refractivity contribution in [3.05, 3.63) is 44.6 Å². The van der Waals surface area contributed by atoms with Gasteiger partial charge in [0.05, 0.1) is 14.2 Å². The summed E-state index contributed by atoms with van der Waals surface area (Å²) < 4.78 is 0.832. The van der Waals surface area contributed by atoms with Gasteiger partial charge in [0.25, 0.3) is 0 Å². The number of hydrogen-bond acceptors (Lipinski definition) is 3. The van der Waals surface area contributed by atoms with Gasteiger partial charge in [-0.1, -0.05) is 23.7 Å². The Labute approximate surface area is 132 Å². The third-order valence-electron chi connectivity index (χ3n) is 2.81. The van der Waals surface area contributed by atoms with Crippen molar-refractivity contribution < 1.29 is 9.90 Å². The highest BCUT2D eigenvalue weighted by Crippen LogP contribution is 2.27. The minimum absolute atomic E-state index is 0.237. The third kappa shape index (κ3) is 2.25. The second kappa shape index (κ2) is 5.02. The number of aromatic nitrogens is 3. The van der Waals surface area contributed by atoms with Crippen molar-refractivity contribution in [3.8, 4) is 11.4 Å². The van der Waals surface area contributed by atoms with Gasteiger partial charge in [0.2, 0.25) is 0 Å². The van der Waals surface area contributed by atoms with Crippen molar-refractivity contribution in [1.82, 2.24) is 15.0 Å². The molecule has 0 radical (unpaired) electrons. The molecule has 3 aromatic rings. The van der Waals surface area contributed by atoms with Gasteiger partial charge in [-0.3, -0.25) is 0 Å². The Hall–Kier alpha value is -1.67. The number of hydrogen-bond donors (Lipinski definition) is 2. The van der Waals surface area contributed by atoms with Crippen LogP contribution in [0.1, 0.15) is 10.4 Å². The first-order valence-corrected chi connectivity index (χ1v) is 7.05. The number of aromatic amines is 1. The molecule has 0 unspecified atom stereocenters. The number of carboxylic acid groups (broad SMARTS) is 1. The topological polar surface area (TPSA) is 78.9 Å². The van der Waals surface area contributed by atoms with E-state index in [1.54, 1.807) is 18.3 Å². The number of nitrogens with one attached hydrogen (secondary N) is 1. The Bertz CT molecular complexity index is 814. The molecule has 2 N–H and O–H groups in total. The number of carbonyl (C=O) groups is 1. The molecule has 0 aliphatic carbocycles. The minimum Gasteiger partial charge on any atom is -0.478 e. The van der Waals surface area contributed by atoms with Gasteiger partial charge in [0, 0.05) is 11.8 Å². The molecule has 0 fully saturated rings. The van der Waals surface area contributed by atoms with Crippen LogP contribution >= 0.6 is 34.2 Å². The predicted molar refractivity (Wildman–Crippen MR) is 84.0 cm³/mol. The second-order valence-electron chi connectivity index (χ2n) is 4.09. The number of imidazole rings is 1. The van der Waals surface area contributed by atoms with Crippen LogP contribution < -0.4 is 0 Å². The van der Waals surface area contributed by atoms with E-state index in [1.807, 2.05) is 0 Å². The summed E-state index contributed by atoms with van der Waals surface area (Å²) in [4.78, 5) is 22.6. The molecule has 1 aromatic carbocycles. The minimum atomic E-state index is -0.954. The quantitative estimate of drug-likeness (QED) is 0.646. The highest BCUT2D eigenvalue weighted by Gasteiger charge is 2.12. The molecule has 7 heteroatoms. The lowest BCUT2D eigenvalue weighted by molar-refractivity contribution is 0.0697. The molecule has 0 saturated heterocycles. The predicted octanol–water partition coefficient (Wildman–Crippen LogP) is 3.58. The molecule has 0 atom stereocenters. The van der Waals surface area contributed by atoms with E-state index in [0.717, 1.165) is 9.13 Å². The van der Waals surface area contributed by atoms with Crippen LogP contribution in [0.5, 0.6) is 0 Å². The fourth-order valence-corrected chi connectivity index (χ4v) is 2.46. The van der Waals surface area contributed by atoms with E-state index in [0.29, 0.717) is 22.0 Å². The Kier molecular flexibility index (Phi) is 3.35. The molecule has 0 aliphatic rings. The van der Waals surface area contributed by atoms with Crippen LogP contribution in [-0.2, 0) is 0 Å². The number of H-pyrrole nitrogens is 1. The number of pyridine rings is 1. The third-order valence-corrected chi connectivity index (χ3v) is 4.51. The molecule has 0 saturated carbocycles. The number of aromatic carboxylic acids is 1. The molecule has 100 valence electrons. The standard InChI is InChI=1S/C13H7ClIN3O2/c14-8-5-16-12-10(9(8)15)17-11(18-12)6-1-3-7(4-2-6)13(19)20/h1-5H,(H,19,20)(H,16,17,18). The summed E-state index contributed by atoms with van der Waals surface area (Å²) in [5.41, 5.74) is 2.38. The molecular formula is C13H7ClIN3O2. The summed E-state index contributed by atoms with van der Waals surface area (Å²) in [5.74, 6) is -0.325. The molecule has 0 aliphatic heterocycles. The Morgan fingerprint density at radius 3 is 2.65 bits per heavy atom. The van der Waals surface area contributed by atoms with Crippen LogP contribution in [0.15, 0.2) is 30.5 Å². The number of benzene rings is 1. The van der Waals surface area contributed by atoms with Gasteiger partial charge in [-0.2, -0.15) is 0 Å². The first-order chi connectivity index (χ1) is 9.56. The lowest BCUT2D eigenvalue weighted by Crippen LogP contribution is -1.95. The highest BCUT2D eigenvalue weighted by atomic mass is 127. The molecule has 3 rings (SSSR count). The largest absolute Gasteiger partial charge is 0.478 e. The Morgan fingerprint density at radius 1 is 1.30 bits per heavy atom. The number of carboxylic acids is 1. The van der Waals surface area contributed by atoms with Gasteiger partial charge in [0.1, 0.15) is 11.3 Å². The van der Waals surface area contributed by atoms with Crippen molar-refractivity contribution in [2.75, 3.05) is 0 Å². The summed E-state index contributed by atoms with van der Waals surface area (Å²) in [5, 5.41) is 9.43. The second-order valence-corrected chi connectivity index (χ2v) is 5.57. The average molecular weight is 400 g/mol. The Morgan fingerprint density at radius 2 is 2.00 bits per heavy atom. The fraction of sp³-hybridized carbons (Fsp3) is 0. The summed E-state index contributed by atoms with van der Waals surface area (Å²) in [6.45, 7) is 0. The zero-order valence-corrected chi connectivity index (χ0v) is 12.8. The van der Waals surface area contributed by atoms with Gasteiger partial charge in [-0.15, -0.1) is 0 Å². The molecule has 2 aromatic heterocycles. The van der Waals surface area contributed by atoms with Crippen LogP contribution in [0.3, 0.4) is 0 Å². The molecule has 0 bridgehead atoms. The van der Waals surface area contributed by atoms with E-state index < -0.39 is 5.97 Å². The molecule has 5 nitrogen and oxygen atoms in total. The SMILES string of the molecule is O=C(O)c1ccc(-c2nc3c(I)c(Cl)cnc3[nH]2)cc1. The molecule has 0 amide bonds. The molecular weight excluding hydrogens is 393 g/mol. The maximum atomic E-state index is 10.8. The van der Waals surface area contributed by atoms with Gasteiger partial charge < -0.3 is 10.1 Å². The zero-order valence-electron chi connectivity index (χ0n) is 9.89. The lowest BCUT2D eigenvalue weighted by Gasteiger charge is -1.97. The Balaban J connectivity index is 2.10. The van der Waals surface area contributed by atoms with Crippen molar-refractivity contribution >= 4 is 51.3 Å². The van der Waals surface area contributed by atoms with E-state index in [4.69, 9.17) is 16.7 Å². The first-order valence-electron chi connectivity index (χ1n) is 5.59. The zero-order chi connectivity index (χ0) is 14.3. The first kappa shape index (κ1) is 13.3. The van der Waals surface area contributed by atoms with Crippen LogP contribution in [0.2, 0.25) is 5.02 Å². The van der Waals surface area contributed by atoms with E-state index in [1.165, 1.54) is 12.1 Å². The number of halogens is 2. The lowest BCUT2D eigenvalue weighted by atomic mass is 10.1. The van der Waals surface area contributed by atoms with Crippen LogP contribution in [0, 0.1) is 3.57 Å². The summed E-state index contributed by atoms with van der Waals surface area (Å²) in [7, 11) is 0. The molecule has 2 heterocycles. The number of fused-ring (bicyclic) bond motifs is 1. The normalized spacial score (nSPS) is 10.9. The highest BCUT2D eigenvalue weighted by molar-refractivity contribution is 14.1. The smallest absolute Gasteiger partial charge is 0.335 e. The fourth-order valence-electron chi connectivity index (χ4n) is 1.81. The van der Waals surface area contributed by atoms with Crippen LogP contribution in [0.4, 0.5) is 0 Å². The average Bonchev–Trinajstić information content (AvgIpc) is 2.88. The van der Waals surface area contributed by atoms with Crippen molar-refractivity contribution in [2.45, 2.75) is 0 Å². The van der Waals surface area contributed by atoms with E-state index >= 15 is 0 Å². The van der Waals surface area contributed by atoms with E-state index in [2.05, 4.69) is 37.5 Å². The van der Waals surface area contributed by atoms with Crippen LogP contribution in [0.25, 0.3) is 22.6 Å². The van der Waals surface area contributed by atoms with Gasteiger partial charge in [0.15, 0.2) is 5.65 Å². The maximum absolute atomic E-state index is 10.8. The van der Waals surface area contributed by atoms with E-state index in [9.17, 15) is 4.79 Å².